The zero-order valence-electron chi connectivity index (χ0n) is 10.4. The molecular weight excluding hydrogens is 202 g/mol. The summed E-state index contributed by atoms with van der Waals surface area (Å²) in [6.45, 7) is 9.14. The zero-order valence-corrected chi connectivity index (χ0v) is 10.4. The van der Waals surface area contributed by atoms with Crippen LogP contribution >= 0.6 is 0 Å². The third-order valence-electron chi connectivity index (χ3n) is 3.07. The van der Waals surface area contributed by atoms with Crippen molar-refractivity contribution in [2.75, 3.05) is 13.1 Å². The fourth-order valence-electron chi connectivity index (χ4n) is 2.25. The zero-order chi connectivity index (χ0) is 12.2. The summed E-state index contributed by atoms with van der Waals surface area (Å²) in [5.74, 6) is 0.104. The van der Waals surface area contributed by atoms with Crippen LogP contribution < -0.4 is 0 Å². The van der Waals surface area contributed by atoms with E-state index in [0.717, 1.165) is 25.9 Å². The lowest BCUT2D eigenvalue weighted by Gasteiger charge is -2.34. The normalized spacial score (nSPS) is 20.6. The third kappa shape index (κ3) is 3.08. The first kappa shape index (κ1) is 13.2. The van der Waals surface area contributed by atoms with E-state index in [9.17, 15) is 9.90 Å². The molecule has 1 heterocycles. The van der Waals surface area contributed by atoms with E-state index in [1.165, 1.54) is 12.5 Å². The van der Waals surface area contributed by atoms with Gasteiger partial charge in [-0.05, 0) is 31.6 Å². The molecule has 0 bridgehead atoms. The van der Waals surface area contributed by atoms with Crippen LogP contribution in [0.25, 0.3) is 0 Å². The number of carbonyl (C=O) groups excluding carboxylic acids is 1. The summed E-state index contributed by atoms with van der Waals surface area (Å²) in [4.78, 5) is 14.0. The highest BCUT2D eigenvalue weighted by atomic mass is 16.3. The van der Waals surface area contributed by atoms with Crippen LogP contribution in [0.3, 0.4) is 0 Å². The molecule has 0 aliphatic carbocycles. The van der Waals surface area contributed by atoms with Crippen LogP contribution in [-0.4, -0.2) is 34.6 Å². The van der Waals surface area contributed by atoms with Crippen molar-refractivity contribution in [2.45, 2.75) is 45.1 Å². The second-order valence-corrected chi connectivity index (χ2v) is 5.08. The predicted octanol–water partition coefficient (Wildman–Crippen LogP) is 1.96. The van der Waals surface area contributed by atoms with E-state index in [0.29, 0.717) is 6.42 Å². The van der Waals surface area contributed by atoms with Crippen LogP contribution in [0.15, 0.2) is 12.7 Å². The molecule has 1 amide bonds. The Kier molecular flexibility index (Phi) is 4.54. The first-order valence-electron chi connectivity index (χ1n) is 6.15. The monoisotopic (exact) mass is 225 g/mol. The fraction of sp³-hybridized carbons (Fsp3) is 0.769. The third-order valence-corrected chi connectivity index (χ3v) is 3.07. The van der Waals surface area contributed by atoms with Gasteiger partial charge < -0.3 is 10.0 Å². The molecule has 1 saturated heterocycles. The van der Waals surface area contributed by atoms with E-state index in [-0.39, 0.29) is 11.8 Å². The SMILES string of the molecule is C=CC(O)(CC(C)C)C(=O)N1CCCCC1. The topological polar surface area (TPSA) is 40.5 Å². The minimum absolute atomic E-state index is 0.170. The van der Waals surface area contributed by atoms with Gasteiger partial charge in [0, 0.05) is 13.1 Å². The van der Waals surface area contributed by atoms with Crippen LogP contribution in [0.2, 0.25) is 0 Å². The number of likely N-dealkylation sites (tertiary alicyclic amines) is 1. The average molecular weight is 225 g/mol. The smallest absolute Gasteiger partial charge is 0.258 e. The summed E-state index contributed by atoms with van der Waals surface area (Å²) >= 11 is 0. The van der Waals surface area contributed by atoms with Gasteiger partial charge in [0.2, 0.25) is 0 Å². The molecule has 1 fully saturated rings. The summed E-state index contributed by atoms with van der Waals surface area (Å²) in [6, 6.07) is 0. The molecule has 1 aliphatic rings. The summed E-state index contributed by atoms with van der Waals surface area (Å²) in [7, 11) is 0. The van der Waals surface area contributed by atoms with Gasteiger partial charge in [-0.2, -0.15) is 0 Å². The van der Waals surface area contributed by atoms with Crippen molar-refractivity contribution in [3.05, 3.63) is 12.7 Å². The molecule has 92 valence electrons. The van der Waals surface area contributed by atoms with Crippen molar-refractivity contribution in [3.63, 3.8) is 0 Å². The minimum atomic E-state index is -1.37. The Bertz CT molecular complexity index is 257. The van der Waals surface area contributed by atoms with Gasteiger partial charge in [-0.1, -0.05) is 26.5 Å². The molecule has 0 aromatic carbocycles. The molecule has 0 spiro atoms. The lowest BCUT2D eigenvalue weighted by Crippen LogP contribution is -2.50. The molecule has 1 N–H and O–H groups in total. The summed E-state index contributed by atoms with van der Waals surface area (Å²) in [5, 5.41) is 10.3. The lowest BCUT2D eigenvalue weighted by molar-refractivity contribution is -0.148. The molecule has 16 heavy (non-hydrogen) atoms. The van der Waals surface area contributed by atoms with Crippen molar-refractivity contribution in [1.29, 1.82) is 0 Å². The Morgan fingerprint density at radius 1 is 1.44 bits per heavy atom. The number of carbonyl (C=O) groups is 1. The van der Waals surface area contributed by atoms with E-state index in [2.05, 4.69) is 6.58 Å². The number of hydrogen-bond donors (Lipinski definition) is 1. The standard InChI is InChI=1S/C13H23NO2/c1-4-13(16,10-11(2)3)12(15)14-8-6-5-7-9-14/h4,11,16H,1,5-10H2,2-3H3. The van der Waals surface area contributed by atoms with Crippen LogP contribution in [0.5, 0.6) is 0 Å². The molecule has 1 rings (SSSR count). The van der Waals surface area contributed by atoms with Crippen molar-refractivity contribution in [3.8, 4) is 0 Å². The maximum atomic E-state index is 12.2. The van der Waals surface area contributed by atoms with E-state index in [1.54, 1.807) is 4.90 Å². The van der Waals surface area contributed by atoms with Crippen LogP contribution in [0, 0.1) is 5.92 Å². The van der Waals surface area contributed by atoms with E-state index < -0.39 is 5.60 Å². The average Bonchev–Trinajstić information content (AvgIpc) is 2.28. The molecule has 1 aliphatic heterocycles. The second-order valence-electron chi connectivity index (χ2n) is 5.08. The molecule has 0 radical (unpaired) electrons. The maximum absolute atomic E-state index is 12.2. The highest BCUT2D eigenvalue weighted by Crippen LogP contribution is 2.23. The largest absolute Gasteiger partial charge is 0.376 e. The van der Waals surface area contributed by atoms with Gasteiger partial charge in [-0.15, -0.1) is 0 Å². The Balaban J connectivity index is 2.70. The van der Waals surface area contributed by atoms with Gasteiger partial charge >= 0.3 is 0 Å². The van der Waals surface area contributed by atoms with Crippen molar-refractivity contribution in [1.82, 2.24) is 4.90 Å². The molecule has 1 unspecified atom stereocenters. The van der Waals surface area contributed by atoms with Gasteiger partial charge in [-0.25, -0.2) is 0 Å². The lowest BCUT2D eigenvalue weighted by atomic mass is 9.90. The van der Waals surface area contributed by atoms with Gasteiger partial charge in [0.05, 0.1) is 0 Å². The van der Waals surface area contributed by atoms with Gasteiger partial charge in [-0.3, -0.25) is 4.79 Å². The number of piperidine rings is 1. The number of amides is 1. The van der Waals surface area contributed by atoms with E-state index >= 15 is 0 Å². The Morgan fingerprint density at radius 3 is 2.44 bits per heavy atom. The van der Waals surface area contributed by atoms with Crippen LogP contribution in [0.4, 0.5) is 0 Å². The van der Waals surface area contributed by atoms with Crippen molar-refractivity contribution < 1.29 is 9.90 Å². The maximum Gasteiger partial charge on any atom is 0.258 e. The van der Waals surface area contributed by atoms with Crippen LogP contribution in [-0.2, 0) is 4.79 Å². The number of rotatable bonds is 4. The molecule has 0 saturated carbocycles. The quantitative estimate of drug-likeness (QED) is 0.743. The Labute approximate surface area is 98.1 Å². The molecule has 1 atom stereocenters. The predicted molar refractivity (Wildman–Crippen MR) is 65.0 cm³/mol. The van der Waals surface area contributed by atoms with Gasteiger partial charge in [0.25, 0.3) is 5.91 Å². The molecule has 0 aromatic heterocycles. The number of hydrogen-bond acceptors (Lipinski definition) is 2. The summed E-state index contributed by atoms with van der Waals surface area (Å²) < 4.78 is 0. The Morgan fingerprint density at radius 2 is 2.00 bits per heavy atom. The van der Waals surface area contributed by atoms with E-state index in [1.807, 2.05) is 13.8 Å². The molecule has 3 heteroatoms. The molecular formula is C13H23NO2. The summed E-state index contributed by atoms with van der Waals surface area (Å²) in [5.41, 5.74) is -1.37. The van der Waals surface area contributed by atoms with E-state index in [4.69, 9.17) is 0 Å². The van der Waals surface area contributed by atoms with Crippen LogP contribution in [0.1, 0.15) is 39.5 Å². The Hall–Kier alpha value is -0.830. The second kappa shape index (κ2) is 5.48. The van der Waals surface area contributed by atoms with Gasteiger partial charge in [0.15, 0.2) is 5.60 Å². The molecule has 3 nitrogen and oxygen atoms in total. The highest BCUT2D eigenvalue weighted by molar-refractivity contribution is 5.87. The van der Waals surface area contributed by atoms with Crippen molar-refractivity contribution >= 4 is 5.91 Å². The minimum Gasteiger partial charge on any atom is -0.376 e. The number of aliphatic hydroxyl groups is 1. The number of nitrogens with zero attached hydrogens (tertiary/aromatic N) is 1. The van der Waals surface area contributed by atoms with Crippen molar-refractivity contribution in [2.24, 2.45) is 5.92 Å². The summed E-state index contributed by atoms with van der Waals surface area (Å²) in [6.07, 6.45) is 5.11. The fourth-order valence-corrected chi connectivity index (χ4v) is 2.25. The highest BCUT2D eigenvalue weighted by Gasteiger charge is 2.37. The van der Waals surface area contributed by atoms with Gasteiger partial charge in [0.1, 0.15) is 0 Å². The molecule has 0 aromatic rings. The first-order valence-corrected chi connectivity index (χ1v) is 6.15. The first-order chi connectivity index (χ1) is 7.49.